The van der Waals surface area contributed by atoms with E-state index in [1.165, 1.54) is 10.9 Å². The molecule has 78 heavy (non-hydrogen) atoms. The van der Waals surface area contributed by atoms with Crippen molar-refractivity contribution >= 4 is 49.6 Å². The van der Waals surface area contributed by atoms with Gasteiger partial charge in [0.1, 0.15) is 35.6 Å². The minimum Gasteiger partial charge on any atom is -0.420 e. The summed E-state index contributed by atoms with van der Waals surface area (Å²) in [6.07, 6.45) is -2.79. The molecule has 0 amide bonds. The third-order valence-electron chi connectivity index (χ3n) is 11.2. The van der Waals surface area contributed by atoms with Crippen LogP contribution in [0.1, 0.15) is 18.3 Å². The molecule has 2 fully saturated rings. The Morgan fingerprint density at radius 3 is 1.95 bits per heavy atom. The molecule has 0 spiro atoms. The molecule has 5 heterocycles. The van der Waals surface area contributed by atoms with Crippen LogP contribution >= 0.6 is 26.8 Å². The summed E-state index contributed by atoms with van der Waals surface area (Å²) in [6.45, 7) is 6.15. The monoisotopic (exact) mass is 1180 g/mol. The third kappa shape index (κ3) is 20.3. The molecule has 1 aromatic carbocycles. The van der Waals surface area contributed by atoms with Crippen molar-refractivity contribution in [2.45, 2.75) is 50.2 Å². The van der Waals surface area contributed by atoms with Gasteiger partial charge in [0.25, 0.3) is 0 Å². The number of carbonyl (C=O) groups is 1. The van der Waals surface area contributed by atoms with Gasteiger partial charge < -0.3 is 85.7 Å². The van der Waals surface area contributed by atoms with Crippen LogP contribution in [0.25, 0.3) is 11.0 Å². The van der Waals surface area contributed by atoms with Crippen molar-refractivity contribution in [2.24, 2.45) is 0 Å². The molecule has 28 nitrogen and oxygen atoms in total. The molecular formula is C44H64ClF3N8O20P2. The lowest BCUT2D eigenvalue weighted by Gasteiger charge is -2.39. The number of rotatable bonds is 40. The van der Waals surface area contributed by atoms with Crippen molar-refractivity contribution in [1.82, 2.24) is 34.7 Å². The van der Waals surface area contributed by atoms with Crippen molar-refractivity contribution in [2.75, 3.05) is 150 Å². The molecule has 4 aromatic rings. The van der Waals surface area contributed by atoms with E-state index in [2.05, 4.69) is 30.1 Å². The highest BCUT2D eigenvalue weighted by Gasteiger charge is 2.47. The molecule has 0 aliphatic carbocycles. The van der Waals surface area contributed by atoms with Gasteiger partial charge in [0.15, 0.2) is 29.4 Å². The fraction of sp³-hybridized carbons (Fsp3) is 0.682. The summed E-state index contributed by atoms with van der Waals surface area (Å²) >= 11 is 6.30. The van der Waals surface area contributed by atoms with E-state index in [1.54, 1.807) is 10.9 Å². The zero-order chi connectivity index (χ0) is 55.9. The van der Waals surface area contributed by atoms with Crippen molar-refractivity contribution in [1.29, 1.82) is 0 Å². The molecule has 0 radical (unpaired) electrons. The number of esters is 1. The number of nitrogens with zero attached hydrogens (tertiary/aromatic N) is 8. The molecular weight excluding hydrogens is 1110 g/mol. The summed E-state index contributed by atoms with van der Waals surface area (Å²) in [7, 11) is -6.31. The Bertz CT molecular complexity index is 2530. The number of carbonyl (C=O) groups excluding carboxylic acids is 1. The van der Waals surface area contributed by atoms with Gasteiger partial charge in [-0.1, -0.05) is 5.21 Å². The van der Waals surface area contributed by atoms with Crippen LogP contribution in [-0.4, -0.2) is 226 Å². The van der Waals surface area contributed by atoms with Crippen LogP contribution < -0.4 is 9.64 Å². The van der Waals surface area contributed by atoms with E-state index in [-0.39, 0.29) is 49.9 Å². The van der Waals surface area contributed by atoms with Crippen LogP contribution in [0.2, 0.25) is 5.28 Å². The molecule has 3 aromatic heterocycles. The van der Waals surface area contributed by atoms with Gasteiger partial charge >= 0.3 is 21.2 Å². The molecule has 438 valence electrons. The van der Waals surface area contributed by atoms with E-state index >= 15 is 0 Å². The van der Waals surface area contributed by atoms with E-state index in [0.717, 1.165) is 14.2 Å². The highest BCUT2D eigenvalue weighted by atomic mass is 35.5. The first-order valence-electron chi connectivity index (χ1n) is 24.4. The summed E-state index contributed by atoms with van der Waals surface area (Å²) in [5, 5.41) is 34.4. The average Bonchev–Trinajstić information content (AvgIpc) is 4.13. The van der Waals surface area contributed by atoms with Gasteiger partial charge in [-0.3, -0.25) is 13.9 Å². The van der Waals surface area contributed by atoms with Crippen LogP contribution in [0.3, 0.4) is 0 Å². The van der Waals surface area contributed by atoms with Crippen LogP contribution in [0.4, 0.5) is 19.0 Å². The van der Waals surface area contributed by atoms with Crippen LogP contribution in [0.5, 0.6) is 5.75 Å². The van der Waals surface area contributed by atoms with Crippen LogP contribution in [0, 0.1) is 17.5 Å². The summed E-state index contributed by atoms with van der Waals surface area (Å²) in [6, 6.07) is 0.831. The number of aliphatic hydroxyl groups is 2. The summed E-state index contributed by atoms with van der Waals surface area (Å²) in [4.78, 5) is 32.5. The quantitative estimate of drug-likeness (QED) is 0.0189. The molecule has 2 aliphatic rings. The summed E-state index contributed by atoms with van der Waals surface area (Å²) in [5.41, 5.74) is 0.866. The predicted molar refractivity (Wildman–Crippen MR) is 262 cm³/mol. The zero-order valence-electron chi connectivity index (χ0n) is 42.7. The van der Waals surface area contributed by atoms with Gasteiger partial charge in [-0.15, -0.1) is 5.10 Å². The first-order chi connectivity index (χ1) is 37.6. The number of anilines is 1. The van der Waals surface area contributed by atoms with Crippen molar-refractivity contribution in [3.63, 3.8) is 0 Å². The Balaban J connectivity index is 0.700. The van der Waals surface area contributed by atoms with Crippen molar-refractivity contribution < 1.29 is 108 Å². The van der Waals surface area contributed by atoms with E-state index in [4.69, 9.17) is 72.5 Å². The first-order valence-corrected chi connectivity index (χ1v) is 28.3. The normalized spacial score (nSPS) is 18.8. The highest BCUT2D eigenvalue weighted by molar-refractivity contribution is 7.70. The maximum Gasteiger partial charge on any atom is 0.342 e. The minimum absolute atomic E-state index is 0.0604. The topological polar surface area (TPSA) is 319 Å². The molecule has 1 unspecified atom stereocenters. The molecule has 2 aliphatic heterocycles. The summed E-state index contributed by atoms with van der Waals surface area (Å²) in [5.74, 6) is -6.11. The lowest BCUT2D eigenvalue weighted by molar-refractivity contribution is -0.136. The van der Waals surface area contributed by atoms with Gasteiger partial charge in [0.2, 0.25) is 11.0 Å². The first kappa shape index (κ1) is 63.3. The van der Waals surface area contributed by atoms with Crippen molar-refractivity contribution in [3.05, 3.63) is 53.0 Å². The number of ether oxygens (including phenoxy) is 11. The molecule has 0 bridgehead atoms. The number of aromatic nitrogens is 7. The second-order valence-electron chi connectivity index (χ2n) is 16.9. The SMILES string of the molecule is COP(=O)(CP(=O)(O)OC[C@H]1O[C@@H](n2ncc3c(N4CC(OCCOCCOCCOCCOCc5cn(CCOCCOCCOCCOCCC(=O)Oc6c(F)cc(F)cc6F)nn5)C4)nc(Cl)nc32)[C@H](O)[C@@H]1O)OC. The number of benzene rings is 1. The van der Waals surface area contributed by atoms with Gasteiger partial charge in [-0.05, 0) is 11.6 Å². The fourth-order valence-corrected chi connectivity index (χ4v) is 10.9. The fourth-order valence-electron chi connectivity index (χ4n) is 7.23. The molecule has 2 saturated heterocycles. The Hall–Kier alpha value is -3.92. The number of hydrogen-bond acceptors (Lipinski definition) is 25. The number of halogens is 4. The molecule has 34 heteroatoms. The van der Waals surface area contributed by atoms with Gasteiger partial charge in [0, 0.05) is 39.4 Å². The smallest absolute Gasteiger partial charge is 0.342 e. The summed E-state index contributed by atoms with van der Waals surface area (Å²) < 4.78 is 143. The van der Waals surface area contributed by atoms with E-state index in [9.17, 15) is 42.2 Å². The lowest BCUT2D eigenvalue weighted by atomic mass is 10.1. The Labute approximate surface area is 450 Å². The van der Waals surface area contributed by atoms with Gasteiger partial charge in [-0.25, -0.2) is 22.5 Å². The average molecular weight is 1180 g/mol. The van der Waals surface area contributed by atoms with E-state index < -0.39 is 81.4 Å². The van der Waals surface area contributed by atoms with Gasteiger partial charge in [-0.2, -0.15) is 15.1 Å². The number of aliphatic hydroxyl groups excluding tert-OH is 2. The molecule has 0 saturated carbocycles. The number of fused-ring (bicyclic) bond motifs is 1. The van der Waals surface area contributed by atoms with Crippen LogP contribution in [0.15, 0.2) is 24.5 Å². The maximum absolute atomic E-state index is 13.6. The molecule has 6 rings (SSSR count). The predicted octanol–water partition coefficient (Wildman–Crippen LogP) is 2.29. The minimum atomic E-state index is -4.53. The van der Waals surface area contributed by atoms with Crippen molar-refractivity contribution in [3.8, 4) is 5.75 Å². The lowest BCUT2D eigenvalue weighted by Crippen LogP contribution is -2.53. The Morgan fingerprint density at radius 2 is 1.35 bits per heavy atom. The Kier molecular flexibility index (Phi) is 26.4. The maximum atomic E-state index is 13.6. The van der Waals surface area contributed by atoms with Gasteiger partial charge in [0.05, 0.1) is 156 Å². The standard InChI is InChI=1S/C44H64ClF3N8O20P2/c1-63-78(62,64-2)29-77(60,61)74-28-36-38(58)39(59)43(75-36)56-42-33(23-49-56)41(50-44(45)51-42)54-25-32(26-54)73-20-19-71-16-15-69-13-14-70-17-18-72-27-31-24-55(53-52-31)4-6-66-8-10-68-12-11-67-9-7-65-5-3-37(57)76-40-34(47)21-30(46)22-35(40)48/h21-24,32,36,38-39,43,58-59H,3-20,25-29H2,1-2H3,(H,60,61)/t36-,38-,39-,43-/m1/s1. The van der Waals surface area contributed by atoms with E-state index in [0.29, 0.717) is 135 Å². The largest absolute Gasteiger partial charge is 0.420 e. The highest BCUT2D eigenvalue weighted by Crippen LogP contribution is 2.60. The Morgan fingerprint density at radius 1 is 0.782 bits per heavy atom. The van der Waals surface area contributed by atoms with Crippen LogP contribution in [-0.2, 0) is 88.0 Å². The second kappa shape index (κ2) is 32.5. The van der Waals surface area contributed by atoms with E-state index in [1.807, 2.05) is 4.90 Å². The second-order valence-corrected chi connectivity index (χ2v) is 21.8. The number of hydrogen-bond donors (Lipinski definition) is 3. The molecule has 3 N–H and O–H groups in total. The molecule has 5 atom stereocenters. The third-order valence-corrected chi connectivity index (χ3v) is 15.9. The zero-order valence-corrected chi connectivity index (χ0v) is 45.3.